The number of amidine groups is 1. The number of hydrogen-bond donors (Lipinski definition) is 1. The highest BCUT2D eigenvalue weighted by Gasteiger charge is 2.22. The molecule has 0 bridgehead atoms. The first-order valence-corrected chi connectivity index (χ1v) is 5.43. The molecule has 0 aliphatic carbocycles. The molecule has 0 spiro atoms. The summed E-state index contributed by atoms with van der Waals surface area (Å²) in [5, 5.41) is 2.75. The lowest BCUT2D eigenvalue weighted by Gasteiger charge is -2.13. The fourth-order valence-electron chi connectivity index (χ4n) is 2.02. The third kappa shape index (κ3) is 2.13. The minimum absolute atomic E-state index is 0.0542. The van der Waals surface area contributed by atoms with Gasteiger partial charge in [0, 0.05) is 18.7 Å². The van der Waals surface area contributed by atoms with E-state index in [1.54, 1.807) is 11.8 Å². The number of aliphatic imine (C=N–C) groups is 1. The van der Waals surface area contributed by atoms with Crippen molar-refractivity contribution in [1.82, 2.24) is 10.2 Å². The van der Waals surface area contributed by atoms with Crippen LogP contribution >= 0.6 is 0 Å². The molecule has 0 radical (unpaired) electrons. The summed E-state index contributed by atoms with van der Waals surface area (Å²) in [5.41, 5.74) is 1.88. The van der Waals surface area contributed by atoms with Gasteiger partial charge in [0.1, 0.15) is 5.84 Å². The van der Waals surface area contributed by atoms with Crippen molar-refractivity contribution in [3.05, 3.63) is 11.1 Å². The van der Waals surface area contributed by atoms with Crippen LogP contribution in [0.4, 0.5) is 0 Å². The maximum Gasteiger partial charge on any atom is 0.252 e. The molecule has 2 aliphatic heterocycles. The highest BCUT2D eigenvalue weighted by molar-refractivity contribution is 6.06. The summed E-state index contributed by atoms with van der Waals surface area (Å²) in [4.78, 5) is 28.5. The Morgan fingerprint density at radius 2 is 2.12 bits per heavy atom. The molecule has 0 aromatic heterocycles. The van der Waals surface area contributed by atoms with Crippen LogP contribution in [0.1, 0.15) is 19.8 Å². The Hall–Kier alpha value is -1.65. The molecule has 2 aliphatic rings. The molecule has 2 heterocycles. The van der Waals surface area contributed by atoms with Crippen molar-refractivity contribution in [2.24, 2.45) is 4.99 Å². The highest BCUT2D eigenvalue weighted by Crippen LogP contribution is 2.20. The Bertz CT molecular complexity index is 385. The van der Waals surface area contributed by atoms with Crippen molar-refractivity contribution in [3.63, 3.8) is 0 Å². The fourth-order valence-corrected chi connectivity index (χ4v) is 2.02. The summed E-state index contributed by atoms with van der Waals surface area (Å²) >= 11 is 0. The van der Waals surface area contributed by atoms with Crippen LogP contribution < -0.4 is 5.32 Å². The van der Waals surface area contributed by atoms with Crippen molar-refractivity contribution in [3.8, 4) is 0 Å². The van der Waals surface area contributed by atoms with E-state index in [-0.39, 0.29) is 5.91 Å². The lowest BCUT2D eigenvalue weighted by Crippen LogP contribution is -2.30. The van der Waals surface area contributed by atoms with Crippen LogP contribution in [0.5, 0.6) is 0 Å². The topological polar surface area (TPSA) is 61.8 Å². The molecular weight excluding hydrogens is 206 g/mol. The summed E-state index contributed by atoms with van der Waals surface area (Å²) in [6.45, 7) is 3.67. The first-order valence-electron chi connectivity index (χ1n) is 5.43. The molecule has 5 nitrogen and oxygen atoms in total. The number of nitrogens with one attached hydrogen (secondary N) is 1. The van der Waals surface area contributed by atoms with Gasteiger partial charge in [-0.3, -0.25) is 14.6 Å². The summed E-state index contributed by atoms with van der Waals surface area (Å²) in [6.07, 6.45) is 2.22. The zero-order valence-corrected chi connectivity index (χ0v) is 9.32. The maximum absolute atomic E-state index is 11.9. The minimum atomic E-state index is -0.0542. The van der Waals surface area contributed by atoms with Crippen LogP contribution in [0.2, 0.25) is 0 Å². The third-order valence-electron chi connectivity index (χ3n) is 3.00. The molecule has 86 valence electrons. The van der Waals surface area contributed by atoms with Gasteiger partial charge in [-0.1, -0.05) is 0 Å². The summed E-state index contributed by atoms with van der Waals surface area (Å²) < 4.78 is 0. The zero-order chi connectivity index (χ0) is 11.5. The first-order chi connectivity index (χ1) is 7.70. The van der Waals surface area contributed by atoms with E-state index in [4.69, 9.17) is 0 Å². The Labute approximate surface area is 94.2 Å². The van der Waals surface area contributed by atoms with E-state index in [9.17, 15) is 9.59 Å². The Morgan fingerprint density at radius 3 is 2.88 bits per heavy atom. The van der Waals surface area contributed by atoms with E-state index in [1.165, 1.54) is 0 Å². The molecule has 0 aromatic rings. The van der Waals surface area contributed by atoms with Crippen LogP contribution in [0.15, 0.2) is 16.1 Å². The Morgan fingerprint density at radius 1 is 1.38 bits per heavy atom. The van der Waals surface area contributed by atoms with Gasteiger partial charge in [-0.05, 0) is 25.3 Å². The summed E-state index contributed by atoms with van der Waals surface area (Å²) in [5.74, 6) is 0.617. The van der Waals surface area contributed by atoms with Crippen molar-refractivity contribution in [2.75, 3.05) is 19.6 Å². The van der Waals surface area contributed by atoms with E-state index >= 15 is 0 Å². The zero-order valence-electron chi connectivity index (χ0n) is 9.32. The van der Waals surface area contributed by atoms with E-state index in [0.29, 0.717) is 31.9 Å². The quantitative estimate of drug-likeness (QED) is 0.637. The van der Waals surface area contributed by atoms with Crippen molar-refractivity contribution in [2.45, 2.75) is 19.8 Å². The predicted molar refractivity (Wildman–Crippen MR) is 60.0 cm³/mol. The number of nitrogens with zero attached hydrogens (tertiary/aromatic N) is 2. The van der Waals surface area contributed by atoms with Crippen LogP contribution in [0, 0.1) is 0 Å². The van der Waals surface area contributed by atoms with Crippen LogP contribution in [0.3, 0.4) is 0 Å². The summed E-state index contributed by atoms with van der Waals surface area (Å²) in [7, 11) is 0. The predicted octanol–water partition coefficient (Wildman–Crippen LogP) is 0.0834. The molecule has 0 fully saturated rings. The number of carbonyl (C=O) groups excluding carboxylic acids is 2. The molecular formula is C11H15N3O2. The second-order valence-electron chi connectivity index (χ2n) is 4.08. The standard InChI is InChI=1S/C11H15N3O2/c1-8-12-6-9-2-4-14(7-15)5-3-10(9)11(16)13-8/h7H,2-6H2,1H3,(H,12,13,16). The third-order valence-corrected chi connectivity index (χ3v) is 3.00. The SMILES string of the molecule is CC1=NCC2=C(CCN(C=O)CC2)C(=O)N1. The fraction of sp³-hybridized carbons (Fsp3) is 0.545. The van der Waals surface area contributed by atoms with Crippen molar-refractivity contribution < 1.29 is 9.59 Å². The van der Waals surface area contributed by atoms with Crippen LogP contribution in [-0.2, 0) is 9.59 Å². The van der Waals surface area contributed by atoms with Crippen LogP contribution in [-0.4, -0.2) is 42.7 Å². The first kappa shape index (κ1) is 10.9. The van der Waals surface area contributed by atoms with Crippen molar-refractivity contribution >= 4 is 18.2 Å². The molecule has 1 N–H and O–H groups in total. The molecule has 0 unspecified atom stereocenters. The van der Waals surface area contributed by atoms with Gasteiger partial charge in [0.25, 0.3) is 5.91 Å². The molecule has 5 heteroatoms. The molecule has 0 saturated carbocycles. The second-order valence-corrected chi connectivity index (χ2v) is 4.08. The number of amides is 2. The summed E-state index contributed by atoms with van der Waals surface area (Å²) in [6, 6.07) is 0. The normalized spacial score (nSPS) is 21.7. The van der Waals surface area contributed by atoms with E-state index in [1.807, 2.05) is 0 Å². The van der Waals surface area contributed by atoms with Gasteiger partial charge in [0.15, 0.2) is 0 Å². The number of hydrogen-bond acceptors (Lipinski definition) is 3. The largest absolute Gasteiger partial charge is 0.345 e. The molecule has 0 aromatic carbocycles. The molecule has 16 heavy (non-hydrogen) atoms. The number of carbonyl (C=O) groups is 2. The smallest absolute Gasteiger partial charge is 0.252 e. The second kappa shape index (κ2) is 4.47. The maximum atomic E-state index is 11.9. The van der Waals surface area contributed by atoms with E-state index in [0.717, 1.165) is 24.0 Å². The number of rotatable bonds is 1. The average Bonchev–Trinajstić information content (AvgIpc) is 2.53. The van der Waals surface area contributed by atoms with Gasteiger partial charge in [-0.15, -0.1) is 0 Å². The minimum Gasteiger partial charge on any atom is -0.345 e. The Kier molecular flexibility index (Phi) is 3.03. The monoisotopic (exact) mass is 221 g/mol. The Balaban J connectivity index is 2.21. The lowest BCUT2D eigenvalue weighted by atomic mass is 10.0. The van der Waals surface area contributed by atoms with Gasteiger partial charge in [-0.25, -0.2) is 0 Å². The van der Waals surface area contributed by atoms with Gasteiger partial charge in [-0.2, -0.15) is 0 Å². The lowest BCUT2D eigenvalue weighted by molar-refractivity contribution is -0.119. The average molecular weight is 221 g/mol. The van der Waals surface area contributed by atoms with Gasteiger partial charge in [0.2, 0.25) is 6.41 Å². The van der Waals surface area contributed by atoms with Gasteiger partial charge >= 0.3 is 0 Å². The van der Waals surface area contributed by atoms with Crippen molar-refractivity contribution in [1.29, 1.82) is 0 Å². The molecule has 0 atom stereocenters. The highest BCUT2D eigenvalue weighted by atomic mass is 16.2. The van der Waals surface area contributed by atoms with Gasteiger partial charge in [0.05, 0.1) is 6.54 Å². The van der Waals surface area contributed by atoms with Crippen LogP contribution in [0.25, 0.3) is 0 Å². The molecule has 2 rings (SSSR count). The van der Waals surface area contributed by atoms with Gasteiger partial charge < -0.3 is 10.2 Å². The molecule has 2 amide bonds. The molecule has 0 saturated heterocycles. The van der Waals surface area contributed by atoms with E-state index < -0.39 is 0 Å². The van der Waals surface area contributed by atoms with E-state index in [2.05, 4.69) is 10.3 Å².